The van der Waals surface area contributed by atoms with E-state index in [9.17, 15) is 26.3 Å². The highest BCUT2D eigenvalue weighted by molar-refractivity contribution is 6.43. The Bertz CT molecular complexity index is 1860. The maximum atomic E-state index is 14.1. The molecule has 0 aromatic heterocycles. The fraction of sp³-hybridized carbons (Fsp3) is 0.133. The number of guanidine groups is 2. The van der Waals surface area contributed by atoms with Gasteiger partial charge in [-0.2, -0.15) is 26.3 Å². The second-order valence-corrected chi connectivity index (χ2v) is 11.1. The molecule has 2 aliphatic rings. The van der Waals surface area contributed by atoms with Gasteiger partial charge in [-0.25, -0.2) is 20.0 Å². The molecule has 45 heavy (non-hydrogen) atoms. The normalized spacial score (nSPS) is 14.3. The molecule has 0 spiro atoms. The summed E-state index contributed by atoms with van der Waals surface area (Å²) in [5, 5.41) is 8.55. The molecular weight excluding hydrogens is 665 g/mol. The summed E-state index contributed by atoms with van der Waals surface area (Å²) < 4.78 is 84.1. The van der Waals surface area contributed by atoms with Crippen molar-refractivity contribution >= 4 is 69.5 Å². The van der Waals surface area contributed by atoms with Crippen LogP contribution in [0.25, 0.3) is 0 Å². The lowest BCUT2D eigenvalue weighted by Gasteiger charge is -2.41. The Morgan fingerprint density at radius 3 is 1.98 bits per heavy atom. The number of nitrogens with one attached hydrogen (secondary N) is 2. The third kappa shape index (κ3) is 6.09. The number of hydrogen-bond donors (Lipinski definition) is 2. The molecule has 0 atom stereocenters. The van der Waals surface area contributed by atoms with Gasteiger partial charge in [0.15, 0.2) is 0 Å². The standard InChI is InChI=1S/C30H19Cl3F6N6/c31-22-9-8-19(13-21(22)30(37,38)39)45(27-40-14-16-4-1-2-7-24(16)42-27)44(18-6-3-5-17(12-18)29(34,35)36)28-41-15-20-25(43-28)11-10-23(32)26(20)33/h1-13H,14-15H2,(H,40,42)(H,41,43). The Kier molecular flexibility index (Phi) is 8.00. The quantitative estimate of drug-likeness (QED) is 0.163. The summed E-state index contributed by atoms with van der Waals surface area (Å²) in [5.41, 5.74) is 0.00830. The van der Waals surface area contributed by atoms with Crippen LogP contribution in [0, 0.1) is 0 Å². The van der Waals surface area contributed by atoms with E-state index in [4.69, 9.17) is 34.8 Å². The van der Waals surface area contributed by atoms with Gasteiger partial charge in [-0.15, -0.1) is 0 Å². The predicted molar refractivity (Wildman–Crippen MR) is 165 cm³/mol. The monoisotopic (exact) mass is 682 g/mol. The van der Waals surface area contributed by atoms with Crippen LogP contribution in [-0.2, 0) is 25.4 Å². The van der Waals surface area contributed by atoms with E-state index >= 15 is 0 Å². The number of halogens is 9. The molecule has 15 heteroatoms. The van der Waals surface area contributed by atoms with Crippen LogP contribution in [0.1, 0.15) is 22.3 Å². The van der Waals surface area contributed by atoms with Gasteiger partial charge < -0.3 is 10.6 Å². The molecule has 2 aliphatic heterocycles. The van der Waals surface area contributed by atoms with Crippen molar-refractivity contribution in [3.05, 3.63) is 116 Å². The van der Waals surface area contributed by atoms with Crippen LogP contribution in [-0.4, -0.2) is 11.9 Å². The van der Waals surface area contributed by atoms with Crippen molar-refractivity contribution in [3.63, 3.8) is 0 Å². The first-order chi connectivity index (χ1) is 21.3. The Morgan fingerprint density at radius 2 is 1.27 bits per heavy atom. The summed E-state index contributed by atoms with van der Waals surface area (Å²) in [4.78, 5) is 9.13. The summed E-state index contributed by atoms with van der Waals surface area (Å²) in [6.45, 7) is 0.0829. The van der Waals surface area contributed by atoms with Crippen molar-refractivity contribution in [2.45, 2.75) is 25.4 Å². The first kappa shape index (κ1) is 30.9. The number of nitrogens with zero attached hydrogens (tertiary/aromatic N) is 4. The average molecular weight is 684 g/mol. The van der Waals surface area contributed by atoms with Crippen molar-refractivity contribution in [3.8, 4) is 0 Å². The van der Waals surface area contributed by atoms with Crippen molar-refractivity contribution in [1.82, 2.24) is 0 Å². The average Bonchev–Trinajstić information content (AvgIpc) is 3.01. The maximum Gasteiger partial charge on any atom is 0.417 e. The first-order valence-corrected chi connectivity index (χ1v) is 14.3. The molecule has 0 aliphatic carbocycles. The summed E-state index contributed by atoms with van der Waals surface area (Å²) in [6.07, 6.45) is -9.57. The SMILES string of the molecule is FC(F)(F)c1cccc(N(C2=NCc3c(ccc(Cl)c3Cl)N2)N(C2=NCc3ccccc3N2)c2ccc(Cl)c(C(F)(F)F)c2)c1. The summed E-state index contributed by atoms with van der Waals surface area (Å²) in [6, 6.07) is 17.7. The van der Waals surface area contributed by atoms with Crippen molar-refractivity contribution < 1.29 is 26.3 Å². The molecule has 0 fully saturated rings. The zero-order chi connectivity index (χ0) is 32.1. The molecule has 0 radical (unpaired) electrons. The molecule has 4 aromatic rings. The minimum Gasteiger partial charge on any atom is -0.324 e. The van der Waals surface area contributed by atoms with E-state index < -0.39 is 28.5 Å². The van der Waals surface area contributed by atoms with E-state index in [1.807, 2.05) is 6.07 Å². The topological polar surface area (TPSA) is 55.3 Å². The van der Waals surface area contributed by atoms with E-state index in [2.05, 4.69) is 20.6 Å². The highest BCUT2D eigenvalue weighted by atomic mass is 35.5. The van der Waals surface area contributed by atoms with Crippen molar-refractivity contribution in [1.29, 1.82) is 0 Å². The first-order valence-electron chi connectivity index (χ1n) is 13.1. The predicted octanol–water partition coefficient (Wildman–Crippen LogP) is 9.88. The van der Waals surface area contributed by atoms with Gasteiger partial charge >= 0.3 is 12.4 Å². The van der Waals surface area contributed by atoms with E-state index in [1.165, 1.54) is 34.3 Å². The molecule has 2 N–H and O–H groups in total. The van der Waals surface area contributed by atoms with Crippen molar-refractivity contribution in [2.24, 2.45) is 9.98 Å². The zero-order valence-corrected chi connectivity index (χ0v) is 24.9. The summed E-state index contributed by atoms with van der Waals surface area (Å²) >= 11 is 18.5. The highest BCUT2D eigenvalue weighted by Gasteiger charge is 2.38. The Balaban J connectivity index is 1.58. The molecule has 0 unspecified atom stereocenters. The van der Waals surface area contributed by atoms with Gasteiger partial charge in [0.25, 0.3) is 0 Å². The van der Waals surface area contributed by atoms with Crippen LogP contribution in [0.3, 0.4) is 0 Å². The number of fused-ring (bicyclic) bond motifs is 2. The number of hydrogen-bond acceptors (Lipinski definition) is 6. The van der Waals surface area contributed by atoms with Gasteiger partial charge in [0.05, 0.1) is 50.7 Å². The van der Waals surface area contributed by atoms with Crippen LogP contribution in [0.5, 0.6) is 0 Å². The van der Waals surface area contributed by atoms with Gasteiger partial charge in [0.1, 0.15) is 0 Å². The summed E-state index contributed by atoms with van der Waals surface area (Å²) in [7, 11) is 0. The molecule has 2 heterocycles. The number of hydrazine groups is 1. The third-order valence-electron chi connectivity index (χ3n) is 7.01. The second-order valence-electron chi connectivity index (χ2n) is 9.91. The molecule has 6 nitrogen and oxygen atoms in total. The van der Waals surface area contributed by atoms with Gasteiger partial charge in [-0.3, -0.25) is 0 Å². The summed E-state index contributed by atoms with van der Waals surface area (Å²) in [5.74, 6) is -0.0296. The van der Waals surface area contributed by atoms with Gasteiger partial charge in [0, 0.05) is 16.9 Å². The number of alkyl halides is 6. The third-order valence-corrected chi connectivity index (χ3v) is 8.18. The Labute approximate surface area is 267 Å². The zero-order valence-electron chi connectivity index (χ0n) is 22.6. The van der Waals surface area contributed by atoms with E-state index in [-0.39, 0.29) is 46.4 Å². The molecule has 232 valence electrons. The Morgan fingerprint density at radius 1 is 0.622 bits per heavy atom. The molecular formula is C30H19Cl3F6N6. The largest absolute Gasteiger partial charge is 0.417 e. The molecule has 0 amide bonds. The highest BCUT2D eigenvalue weighted by Crippen LogP contribution is 2.40. The van der Waals surface area contributed by atoms with E-state index in [0.717, 1.165) is 29.8 Å². The van der Waals surface area contributed by atoms with Crippen LogP contribution in [0.4, 0.5) is 49.1 Å². The van der Waals surface area contributed by atoms with Crippen LogP contribution < -0.4 is 20.7 Å². The van der Waals surface area contributed by atoms with Crippen molar-refractivity contribution in [2.75, 3.05) is 20.7 Å². The molecule has 4 aromatic carbocycles. The fourth-order valence-electron chi connectivity index (χ4n) is 4.86. The maximum absolute atomic E-state index is 14.1. The lowest BCUT2D eigenvalue weighted by molar-refractivity contribution is -0.138. The number of anilines is 4. The van der Waals surface area contributed by atoms with Crippen LogP contribution in [0.2, 0.25) is 15.1 Å². The minimum absolute atomic E-state index is 0.00555. The van der Waals surface area contributed by atoms with Crippen LogP contribution in [0.15, 0.2) is 88.8 Å². The molecule has 0 saturated carbocycles. The smallest absolute Gasteiger partial charge is 0.324 e. The van der Waals surface area contributed by atoms with E-state index in [0.29, 0.717) is 16.9 Å². The van der Waals surface area contributed by atoms with Crippen LogP contribution >= 0.6 is 34.8 Å². The molecule has 0 saturated heterocycles. The van der Waals surface area contributed by atoms with Gasteiger partial charge in [-0.05, 0) is 60.2 Å². The number of benzene rings is 4. The Hall–Kier alpha value is -4.13. The molecule has 6 rings (SSSR count). The number of para-hydroxylation sites is 1. The van der Waals surface area contributed by atoms with Gasteiger partial charge in [0.2, 0.25) is 11.9 Å². The minimum atomic E-state index is -4.84. The molecule has 0 bridgehead atoms. The van der Waals surface area contributed by atoms with Gasteiger partial charge in [-0.1, -0.05) is 59.1 Å². The lowest BCUT2D eigenvalue weighted by Crippen LogP contribution is -2.56. The number of rotatable bonds is 2. The fourth-order valence-corrected chi connectivity index (χ4v) is 5.49. The lowest BCUT2D eigenvalue weighted by atomic mass is 10.1. The number of aliphatic imine (C=N–C) groups is 2. The van der Waals surface area contributed by atoms with E-state index in [1.54, 1.807) is 24.3 Å². The second kappa shape index (κ2) is 11.7.